The first kappa shape index (κ1) is 21.7. The average Bonchev–Trinajstić information content (AvgIpc) is 3.26. The smallest absolute Gasteiger partial charge is 0.339 e. The molecule has 0 aliphatic carbocycles. The number of rotatable bonds is 7. The lowest BCUT2D eigenvalue weighted by Gasteiger charge is -2.29. The first-order valence-corrected chi connectivity index (χ1v) is 10.9. The van der Waals surface area contributed by atoms with Gasteiger partial charge in [0, 0.05) is 48.3 Å². The summed E-state index contributed by atoms with van der Waals surface area (Å²) in [7, 11) is 1.37. The fraction of sp³-hybridized carbons (Fsp3) is 0.308. The fourth-order valence-corrected chi connectivity index (χ4v) is 4.39. The zero-order chi connectivity index (χ0) is 22.5. The van der Waals surface area contributed by atoms with E-state index in [1.165, 1.54) is 30.1 Å². The van der Waals surface area contributed by atoms with Crippen LogP contribution >= 0.6 is 0 Å². The number of methoxy groups -OCH3 is 1. The van der Waals surface area contributed by atoms with Crippen LogP contribution in [-0.2, 0) is 16.0 Å². The summed E-state index contributed by atoms with van der Waals surface area (Å²) in [6.07, 6.45) is 5.07. The van der Waals surface area contributed by atoms with Crippen LogP contribution < -0.4 is 15.0 Å². The molecule has 0 amide bonds. The highest BCUT2D eigenvalue weighted by molar-refractivity contribution is 5.92. The minimum Gasteiger partial charge on any atom is -0.493 e. The summed E-state index contributed by atoms with van der Waals surface area (Å²) in [6, 6.07) is 15.1. The van der Waals surface area contributed by atoms with E-state index in [9.17, 15) is 4.79 Å². The van der Waals surface area contributed by atoms with Gasteiger partial charge in [-0.15, -0.1) is 0 Å². The van der Waals surface area contributed by atoms with Gasteiger partial charge in [0.25, 0.3) is 0 Å². The molecule has 4 rings (SSSR count). The molecule has 0 bridgehead atoms. The van der Waals surface area contributed by atoms with Crippen LogP contribution in [0.25, 0.3) is 0 Å². The summed E-state index contributed by atoms with van der Waals surface area (Å²) in [5.41, 5.74) is 6.20. The number of nitrogens with one attached hydrogen (secondary N) is 1. The van der Waals surface area contributed by atoms with Crippen molar-refractivity contribution in [2.75, 3.05) is 31.7 Å². The lowest BCUT2D eigenvalue weighted by molar-refractivity contribution is -0.135. The predicted molar refractivity (Wildman–Crippen MR) is 128 cm³/mol. The Hall–Kier alpha value is -3.54. The molecule has 6 nitrogen and oxygen atoms in total. The number of para-hydroxylation sites is 1. The Balaban J connectivity index is 1.52. The van der Waals surface area contributed by atoms with Gasteiger partial charge in [0.2, 0.25) is 0 Å². The Morgan fingerprint density at radius 3 is 3.00 bits per heavy atom. The monoisotopic (exact) mass is 431 g/mol. The van der Waals surface area contributed by atoms with Crippen molar-refractivity contribution in [2.45, 2.75) is 25.7 Å². The Kier molecular flexibility index (Phi) is 6.59. The van der Waals surface area contributed by atoms with Gasteiger partial charge in [-0.2, -0.15) is 0 Å². The molecule has 1 N–H and O–H groups in total. The second kappa shape index (κ2) is 9.73. The number of hydrogen-bond acceptors (Lipinski definition) is 6. The van der Waals surface area contributed by atoms with Gasteiger partial charge < -0.3 is 19.7 Å². The minimum absolute atomic E-state index is 0.286. The molecule has 166 valence electrons. The molecule has 2 aliphatic rings. The van der Waals surface area contributed by atoms with Crippen LogP contribution in [0.3, 0.4) is 0 Å². The molecule has 1 atom stereocenters. The van der Waals surface area contributed by atoms with Crippen molar-refractivity contribution in [3.8, 4) is 5.75 Å². The van der Waals surface area contributed by atoms with Crippen LogP contribution in [0.15, 0.2) is 71.0 Å². The van der Waals surface area contributed by atoms with E-state index in [2.05, 4.69) is 64.4 Å². The van der Waals surface area contributed by atoms with Gasteiger partial charge in [-0.3, -0.25) is 4.99 Å². The predicted octanol–water partition coefficient (Wildman–Crippen LogP) is 4.50. The van der Waals surface area contributed by atoms with Gasteiger partial charge in [-0.25, -0.2) is 4.79 Å². The second-order valence-electron chi connectivity index (χ2n) is 8.00. The van der Waals surface area contributed by atoms with Crippen molar-refractivity contribution in [3.05, 3.63) is 77.1 Å². The summed E-state index contributed by atoms with van der Waals surface area (Å²) >= 11 is 0. The van der Waals surface area contributed by atoms with E-state index in [0.29, 0.717) is 18.7 Å². The van der Waals surface area contributed by atoms with E-state index >= 15 is 0 Å². The summed E-state index contributed by atoms with van der Waals surface area (Å²) < 4.78 is 10.9. The van der Waals surface area contributed by atoms with Gasteiger partial charge in [-0.1, -0.05) is 24.3 Å². The van der Waals surface area contributed by atoms with E-state index in [1.54, 1.807) is 6.08 Å². The number of carbonyl (C=O) groups is 1. The molecule has 2 aromatic rings. The fourth-order valence-electron chi connectivity index (χ4n) is 4.39. The van der Waals surface area contributed by atoms with E-state index in [4.69, 9.17) is 9.47 Å². The van der Waals surface area contributed by atoms with Crippen LogP contribution in [-0.4, -0.2) is 39.5 Å². The van der Waals surface area contributed by atoms with Gasteiger partial charge in [0.1, 0.15) is 5.75 Å². The summed E-state index contributed by atoms with van der Waals surface area (Å²) in [5, 5.41) is 3.40. The van der Waals surface area contributed by atoms with Crippen molar-refractivity contribution in [3.63, 3.8) is 0 Å². The first-order chi connectivity index (χ1) is 15.6. The quantitative estimate of drug-likeness (QED) is 0.303. The minimum atomic E-state index is -0.405. The molecule has 0 radical (unpaired) electrons. The number of hydrogen-bond donors (Lipinski definition) is 1. The molecule has 6 heteroatoms. The summed E-state index contributed by atoms with van der Waals surface area (Å²) in [5.74, 6) is 0.822. The highest BCUT2D eigenvalue weighted by Crippen LogP contribution is 2.40. The van der Waals surface area contributed by atoms with Crippen LogP contribution in [0.1, 0.15) is 30.4 Å². The second-order valence-corrected chi connectivity index (χ2v) is 8.00. The molecule has 0 aromatic heterocycles. The molecule has 0 spiro atoms. The Bertz CT molecular complexity index is 1070. The summed E-state index contributed by atoms with van der Waals surface area (Å²) in [4.78, 5) is 18.1. The Morgan fingerprint density at radius 1 is 1.34 bits per heavy atom. The zero-order valence-electron chi connectivity index (χ0n) is 18.6. The Morgan fingerprint density at radius 2 is 2.19 bits per heavy atom. The van der Waals surface area contributed by atoms with Crippen LogP contribution in [0.5, 0.6) is 5.75 Å². The largest absolute Gasteiger partial charge is 0.493 e. The molecule has 32 heavy (non-hydrogen) atoms. The van der Waals surface area contributed by atoms with Crippen molar-refractivity contribution in [2.24, 2.45) is 4.99 Å². The lowest BCUT2D eigenvalue weighted by Crippen LogP contribution is -2.26. The van der Waals surface area contributed by atoms with Gasteiger partial charge in [0.05, 0.1) is 19.3 Å². The number of benzene rings is 2. The van der Waals surface area contributed by atoms with Crippen LogP contribution in [0.4, 0.5) is 11.4 Å². The molecule has 2 aromatic carbocycles. The molecular formula is C26H29N3O3. The van der Waals surface area contributed by atoms with Gasteiger partial charge >= 0.3 is 5.97 Å². The van der Waals surface area contributed by atoms with Crippen molar-refractivity contribution in [1.29, 1.82) is 0 Å². The van der Waals surface area contributed by atoms with Gasteiger partial charge in [0.15, 0.2) is 0 Å². The Labute approximate surface area is 189 Å². The maximum atomic E-state index is 12.1. The number of carbonyl (C=O) groups excluding carboxylic acids is 1. The molecule has 2 heterocycles. The SMILES string of the molecule is C=N/C=C\C(C(=O)OC)=C(/C)NCC1CCOc2cc(N3CCc4ccccc43)ccc21. The third-order valence-electron chi connectivity index (χ3n) is 6.13. The third kappa shape index (κ3) is 4.40. The van der Waals surface area contributed by atoms with E-state index < -0.39 is 5.97 Å². The number of nitrogens with zero attached hydrogens (tertiary/aromatic N) is 2. The maximum Gasteiger partial charge on any atom is 0.339 e. The number of allylic oxidation sites excluding steroid dienone is 1. The van der Waals surface area contributed by atoms with Crippen LogP contribution in [0.2, 0.25) is 0 Å². The van der Waals surface area contributed by atoms with Crippen molar-refractivity contribution < 1.29 is 14.3 Å². The number of fused-ring (bicyclic) bond motifs is 2. The normalized spacial score (nSPS) is 17.8. The van der Waals surface area contributed by atoms with E-state index in [1.807, 2.05) is 6.92 Å². The molecule has 2 aliphatic heterocycles. The van der Waals surface area contributed by atoms with Gasteiger partial charge in [-0.05, 0) is 55.8 Å². The zero-order valence-corrected chi connectivity index (χ0v) is 18.6. The number of ether oxygens (including phenoxy) is 2. The van der Waals surface area contributed by atoms with Crippen LogP contribution in [0, 0.1) is 0 Å². The van der Waals surface area contributed by atoms with E-state index in [-0.39, 0.29) is 5.92 Å². The lowest BCUT2D eigenvalue weighted by atomic mass is 9.92. The number of aliphatic imine (C=N–C) groups is 1. The number of esters is 1. The molecule has 0 saturated heterocycles. The van der Waals surface area contributed by atoms with Crippen molar-refractivity contribution >= 4 is 24.1 Å². The highest BCUT2D eigenvalue weighted by atomic mass is 16.5. The maximum absolute atomic E-state index is 12.1. The van der Waals surface area contributed by atoms with E-state index in [0.717, 1.165) is 36.5 Å². The molecular weight excluding hydrogens is 402 g/mol. The highest BCUT2D eigenvalue weighted by Gasteiger charge is 2.25. The molecule has 0 fully saturated rings. The average molecular weight is 432 g/mol. The van der Waals surface area contributed by atoms with Crippen molar-refractivity contribution in [1.82, 2.24) is 5.32 Å². The third-order valence-corrected chi connectivity index (χ3v) is 6.13. The topological polar surface area (TPSA) is 63.2 Å². The summed E-state index contributed by atoms with van der Waals surface area (Å²) in [6.45, 7) is 7.64. The first-order valence-electron chi connectivity index (χ1n) is 10.9. The standard InChI is InChI=1S/C26H29N3O3/c1-18(22(10-13-27-2)26(30)31-3)28-17-20-12-15-32-25-16-21(8-9-23(20)25)29-14-11-19-6-4-5-7-24(19)29/h4-10,13,16,20,28H,2,11-12,14-15,17H2,1,3H3/b13-10-,22-18-. The number of anilines is 2. The molecule has 1 unspecified atom stereocenters. The molecule has 0 saturated carbocycles.